The van der Waals surface area contributed by atoms with Gasteiger partial charge in [0.05, 0.1) is 18.0 Å². The van der Waals surface area contributed by atoms with Crippen molar-refractivity contribution in [2.75, 3.05) is 19.6 Å². The van der Waals surface area contributed by atoms with Crippen molar-refractivity contribution in [1.29, 1.82) is 0 Å². The number of likely N-dealkylation sites (tertiary alicyclic amines) is 1. The summed E-state index contributed by atoms with van der Waals surface area (Å²) in [7, 11) is -3.66. The number of sulfonamides is 1. The summed E-state index contributed by atoms with van der Waals surface area (Å²) in [5.74, 6) is 1.40. The molecular weight excluding hydrogens is 338 g/mol. The summed E-state index contributed by atoms with van der Waals surface area (Å²) in [5, 5.41) is 8.08. The van der Waals surface area contributed by atoms with E-state index in [9.17, 15) is 13.2 Å². The zero-order chi connectivity index (χ0) is 18.6. The van der Waals surface area contributed by atoms with Crippen molar-refractivity contribution >= 4 is 15.9 Å². The number of quaternary nitrogens is 1. The average Bonchev–Trinajstić information content (AvgIpc) is 2.52. The molecule has 0 aromatic heterocycles. The molecule has 0 radical (unpaired) electrons. The molecule has 0 bridgehead atoms. The van der Waals surface area contributed by atoms with Gasteiger partial charge in [0.1, 0.15) is 0 Å². The predicted molar refractivity (Wildman–Crippen MR) is 97.6 cm³/mol. The molecule has 2 rings (SSSR count). The van der Waals surface area contributed by atoms with E-state index < -0.39 is 10.0 Å². The Morgan fingerprint density at radius 2 is 1.80 bits per heavy atom. The fourth-order valence-electron chi connectivity index (χ4n) is 3.70. The number of carbonyl (C=O) groups is 1. The fourth-order valence-corrected chi connectivity index (χ4v) is 4.22. The molecule has 1 aliphatic rings. The first-order chi connectivity index (χ1) is 11.7. The number of piperidine rings is 1. The third-order valence-electron chi connectivity index (χ3n) is 5.00. The first-order valence-corrected chi connectivity index (χ1v) is 10.5. The molecule has 0 saturated carbocycles. The van der Waals surface area contributed by atoms with Crippen LogP contribution in [0, 0.1) is 11.8 Å². The number of benzene rings is 1. The highest BCUT2D eigenvalue weighted by Crippen LogP contribution is 2.12. The van der Waals surface area contributed by atoms with Gasteiger partial charge in [0, 0.05) is 18.4 Å². The molecule has 1 aromatic rings. The maximum absolute atomic E-state index is 12.4. The lowest BCUT2D eigenvalue weighted by Crippen LogP contribution is -3.18. The predicted octanol–water partition coefficient (Wildman–Crippen LogP) is -0.0580. The van der Waals surface area contributed by atoms with Gasteiger partial charge in [-0.05, 0) is 37.5 Å². The molecule has 1 aromatic carbocycles. The first-order valence-electron chi connectivity index (χ1n) is 8.91. The Bertz CT molecular complexity index is 678. The van der Waals surface area contributed by atoms with Gasteiger partial charge >= 0.3 is 0 Å². The van der Waals surface area contributed by atoms with Crippen LogP contribution in [0.4, 0.5) is 0 Å². The molecule has 4 atom stereocenters. The van der Waals surface area contributed by atoms with E-state index in [-0.39, 0.29) is 16.8 Å². The number of nitrogens with one attached hydrogen (secondary N) is 2. The second-order valence-corrected chi connectivity index (χ2v) is 9.03. The largest absolute Gasteiger partial charge is 0.351 e. The molecule has 0 spiro atoms. The highest BCUT2D eigenvalue weighted by molar-refractivity contribution is 7.89. The van der Waals surface area contributed by atoms with Crippen LogP contribution in [0.5, 0.6) is 0 Å². The topological polar surface area (TPSA) is 93.7 Å². The van der Waals surface area contributed by atoms with Gasteiger partial charge < -0.3 is 10.2 Å². The highest BCUT2D eigenvalue weighted by atomic mass is 32.2. The van der Waals surface area contributed by atoms with E-state index >= 15 is 0 Å². The van der Waals surface area contributed by atoms with Gasteiger partial charge in [0.15, 0.2) is 6.04 Å². The van der Waals surface area contributed by atoms with Gasteiger partial charge in [0.2, 0.25) is 10.0 Å². The number of hydrogen-bond acceptors (Lipinski definition) is 3. The monoisotopic (exact) mass is 368 g/mol. The van der Waals surface area contributed by atoms with E-state index in [0.29, 0.717) is 24.8 Å². The third kappa shape index (κ3) is 5.80. The Labute approximate surface area is 150 Å². The summed E-state index contributed by atoms with van der Waals surface area (Å²) in [4.78, 5) is 13.9. The molecule has 7 heteroatoms. The van der Waals surface area contributed by atoms with Crippen LogP contribution < -0.4 is 15.4 Å². The number of amides is 1. The minimum atomic E-state index is -3.66. The van der Waals surface area contributed by atoms with Crippen LogP contribution in [0.15, 0.2) is 29.2 Å². The fraction of sp³-hybridized carbons (Fsp3) is 0.611. The summed E-state index contributed by atoms with van der Waals surface area (Å²) in [5.41, 5.74) is 0.966. The quantitative estimate of drug-likeness (QED) is 0.657. The highest BCUT2D eigenvalue weighted by Gasteiger charge is 2.32. The van der Waals surface area contributed by atoms with Crippen molar-refractivity contribution in [3.63, 3.8) is 0 Å². The molecule has 1 aliphatic heterocycles. The van der Waals surface area contributed by atoms with Gasteiger partial charge in [-0.25, -0.2) is 13.6 Å². The summed E-state index contributed by atoms with van der Waals surface area (Å²) in [6.45, 7) is 9.14. The summed E-state index contributed by atoms with van der Waals surface area (Å²) in [6, 6.07) is 6.41. The van der Waals surface area contributed by atoms with E-state index in [1.807, 2.05) is 6.92 Å². The van der Waals surface area contributed by atoms with Crippen LogP contribution in [0.2, 0.25) is 0 Å². The van der Waals surface area contributed by atoms with Gasteiger partial charge in [-0.15, -0.1) is 0 Å². The maximum atomic E-state index is 12.4. The molecule has 0 aliphatic carbocycles. The number of primary sulfonamides is 1. The van der Waals surface area contributed by atoms with Gasteiger partial charge in [0.25, 0.3) is 5.91 Å². The molecular formula is C18H30N3O3S+. The zero-order valence-corrected chi connectivity index (χ0v) is 16.1. The summed E-state index contributed by atoms with van der Waals surface area (Å²) < 4.78 is 22.5. The molecule has 1 amide bonds. The molecule has 1 saturated heterocycles. The second kappa shape index (κ2) is 8.29. The normalized spacial score (nSPS) is 25.4. The van der Waals surface area contributed by atoms with Gasteiger partial charge in [-0.3, -0.25) is 4.79 Å². The van der Waals surface area contributed by atoms with E-state index in [4.69, 9.17) is 5.14 Å². The molecule has 25 heavy (non-hydrogen) atoms. The second-order valence-electron chi connectivity index (χ2n) is 7.46. The summed E-state index contributed by atoms with van der Waals surface area (Å²) in [6.07, 6.45) is 1.90. The van der Waals surface area contributed by atoms with Gasteiger partial charge in [-0.1, -0.05) is 26.0 Å². The van der Waals surface area contributed by atoms with Crippen molar-refractivity contribution in [3.8, 4) is 0 Å². The summed E-state index contributed by atoms with van der Waals surface area (Å²) >= 11 is 0. The zero-order valence-electron chi connectivity index (χ0n) is 15.3. The van der Waals surface area contributed by atoms with Crippen molar-refractivity contribution in [2.24, 2.45) is 17.0 Å². The van der Waals surface area contributed by atoms with Crippen molar-refractivity contribution < 1.29 is 18.1 Å². The average molecular weight is 369 g/mol. The van der Waals surface area contributed by atoms with Crippen LogP contribution in [-0.2, 0) is 21.2 Å². The van der Waals surface area contributed by atoms with Crippen LogP contribution in [0.1, 0.15) is 32.8 Å². The van der Waals surface area contributed by atoms with Crippen molar-refractivity contribution in [2.45, 2.75) is 44.6 Å². The minimum Gasteiger partial charge on any atom is -0.351 e. The van der Waals surface area contributed by atoms with E-state index in [2.05, 4.69) is 19.2 Å². The number of rotatable bonds is 6. The number of carbonyl (C=O) groups excluding carboxylic acids is 1. The lowest BCUT2D eigenvalue weighted by molar-refractivity contribution is -0.925. The third-order valence-corrected chi connectivity index (χ3v) is 5.93. The van der Waals surface area contributed by atoms with Crippen LogP contribution in [0.25, 0.3) is 0 Å². The lowest BCUT2D eigenvalue weighted by atomic mass is 9.91. The van der Waals surface area contributed by atoms with E-state index in [1.54, 1.807) is 12.1 Å². The smallest absolute Gasteiger partial charge is 0.278 e. The van der Waals surface area contributed by atoms with E-state index in [0.717, 1.165) is 18.7 Å². The molecule has 4 N–H and O–H groups in total. The Morgan fingerprint density at radius 1 is 1.24 bits per heavy atom. The number of hydrogen-bond donors (Lipinski definition) is 3. The van der Waals surface area contributed by atoms with Crippen LogP contribution >= 0.6 is 0 Å². The lowest BCUT2D eigenvalue weighted by Gasteiger charge is -2.35. The standard InChI is InChI=1S/C18H29N3O3S/c1-13-10-14(2)12-21(11-13)15(3)18(22)20-9-8-16-4-6-17(7-5-16)25(19,23)24/h4-7,13-15H,8-12H2,1-3H3,(H,20,22)(H2,19,23,24)/p+1/t13-,14+,15-/m0/s1. The van der Waals surface area contributed by atoms with Crippen LogP contribution in [-0.4, -0.2) is 40.0 Å². The molecule has 1 heterocycles. The van der Waals surface area contributed by atoms with Gasteiger partial charge in [-0.2, -0.15) is 0 Å². The SMILES string of the molecule is C[C@@H]1C[C@H](C)C[NH+]([C@@H](C)C(=O)NCCc2ccc(S(N)(=O)=O)cc2)C1. The Balaban J connectivity index is 1.81. The Hall–Kier alpha value is -1.44. The van der Waals surface area contributed by atoms with E-state index in [1.165, 1.54) is 23.5 Å². The molecule has 140 valence electrons. The first kappa shape index (κ1) is 19.9. The van der Waals surface area contributed by atoms with Crippen molar-refractivity contribution in [3.05, 3.63) is 29.8 Å². The number of nitrogens with two attached hydrogens (primary N) is 1. The van der Waals surface area contributed by atoms with Crippen LogP contribution in [0.3, 0.4) is 0 Å². The Morgan fingerprint density at radius 3 is 2.32 bits per heavy atom. The van der Waals surface area contributed by atoms with Crippen molar-refractivity contribution in [1.82, 2.24) is 5.32 Å². The minimum absolute atomic E-state index is 0.0463. The molecule has 6 nitrogen and oxygen atoms in total. The Kier molecular flexibility index (Phi) is 6.59. The molecule has 1 fully saturated rings. The maximum Gasteiger partial charge on any atom is 0.278 e. The molecule has 1 unspecified atom stereocenters.